The molecular weight excluding hydrogens is 224 g/mol. The summed E-state index contributed by atoms with van der Waals surface area (Å²) in [6, 6.07) is 0. The molecule has 0 aliphatic heterocycles. The molecule has 4 atom stereocenters. The van der Waals surface area contributed by atoms with Gasteiger partial charge in [-0.25, -0.2) is 0 Å². The van der Waals surface area contributed by atoms with Crippen molar-refractivity contribution in [2.24, 2.45) is 22.7 Å². The summed E-state index contributed by atoms with van der Waals surface area (Å²) in [6.45, 7) is 11.4. The zero-order chi connectivity index (χ0) is 14.0. The molecule has 0 spiro atoms. The Balaban J connectivity index is 2.90. The molecule has 0 saturated heterocycles. The smallest absolute Gasteiger partial charge is 0.311 e. The van der Waals surface area contributed by atoms with Gasteiger partial charge in [0.15, 0.2) is 0 Å². The van der Waals surface area contributed by atoms with Crippen LogP contribution >= 0.6 is 0 Å². The SMILES string of the molecule is CCC(C)CC1(C)CC(CC)(C(=O)OC)CC1C. The van der Waals surface area contributed by atoms with Gasteiger partial charge in [-0.15, -0.1) is 0 Å². The van der Waals surface area contributed by atoms with E-state index in [4.69, 9.17) is 4.74 Å². The third kappa shape index (κ3) is 2.73. The molecule has 1 aliphatic carbocycles. The summed E-state index contributed by atoms with van der Waals surface area (Å²) >= 11 is 0. The van der Waals surface area contributed by atoms with Crippen LogP contribution in [-0.2, 0) is 9.53 Å². The fourth-order valence-corrected chi connectivity index (χ4v) is 3.85. The van der Waals surface area contributed by atoms with Crippen molar-refractivity contribution in [3.05, 3.63) is 0 Å². The van der Waals surface area contributed by atoms with E-state index in [0.717, 1.165) is 25.2 Å². The summed E-state index contributed by atoms with van der Waals surface area (Å²) in [4.78, 5) is 12.1. The molecule has 18 heavy (non-hydrogen) atoms. The van der Waals surface area contributed by atoms with Crippen molar-refractivity contribution >= 4 is 5.97 Å². The first-order chi connectivity index (χ1) is 8.33. The van der Waals surface area contributed by atoms with Gasteiger partial charge in [0, 0.05) is 0 Å². The van der Waals surface area contributed by atoms with E-state index in [1.165, 1.54) is 20.0 Å². The molecule has 0 radical (unpaired) electrons. The highest BCUT2D eigenvalue weighted by Gasteiger charge is 2.53. The molecule has 0 aromatic carbocycles. The van der Waals surface area contributed by atoms with Gasteiger partial charge in [0.2, 0.25) is 0 Å². The molecule has 0 heterocycles. The van der Waals surface area contributed by atoms with Gasteiger partial charge in [0.25, 0.3) is 0 Å². The van der Waals surface area contributed by atoms with Crippen molar-refractivity contribution in [2.45, 2.75) is 66.7 Å². The minimum Gasteiger partial charge on any atom is -0.469 e. The summed E-state index contributed by atoms with van der Waals surface area (Å²) < 4.78 is 5.06. The maximum Gasteiger partial charge on any atom is 0.311 e. The van der Waals surface area contributed by atoms with Crippen LogP contribution in [0.5, 0.6) is 0 Å². The lowest BCUT2D eigenvalue weighted by molar-refractivity contribution is -0.153. The highest BCUT2D eigenvalue weighted by molar-refractivity contribution is 5.77. The van der Waals surface area contributed by atoms with Crippen LogP contribution in [0.15, 0.2) is 0 Å². The van der Waals surface area contributed by atoms with E-state index < -0.39 is 0 Å². The van der Waals surface area contributed by atoms with Crippen LogP contribution in [0.25, 0.3) is 0 Å². The Bertz CT molecular complexity index is 299. The molecule has 0 amide bonds. The Morgan fingerprint density at radius 3 is 2.50 bits per heavy atom. The van der Waals surface area contributed by atoms with Gasteiger partial charge >= 0.3 is 5.97 Å². The lowest BCUT2D eigenvalue weighted by atomic mass is 9.72. The van der Waals surface area contributed by atoms with Gasteiger partial charge < -0.3 is 4.74 Å². The van der Waals surface area contributed by atoms with Crippen molar-refractivity contribution in [3.63, 3.8) is 0 Å². The van der Waals surface area contributed by atoms with E-state index in [-0.39, 0.29) is 11.4 Å². The van der Waals surface area contributed by atoms with E-state index in [1.54, 1.807) is 0 Å². The lowest BCUT2D eigenvalue weighted by Crippen LogP contribution is -2.30. The minimum absolute atomic E-state index is 0.00438. The maximum absolute atomic E-state index is 12.1. The summed E-state index contributed by atoms with van der Waals surface area (Å²) in [5, 5.41) is 0. The molecule has 106 valence electrons. The molecule has 0 bridgehead atoms. The highest BCUT2D eigenvalue weighted by Crippen LogP contribution is 2.57. The monoisotopic (exact) mass is 254 g/mol. The van der Waals surface area contributed by atoms with Gasteiger partial charge in [-0.3, -0.25) is 4.79 Å². The number of ether oxygens (including phenoxy) is 1. The molecule has 1 saturated carbocycles. The molecule has 0 aromatic rings. The third-order valence-electron chi connectivity index (χ3n) is 5.44. The Labute approximate surface area is 112 Å². The number of carbonyl (C=O) groups is 1. The van der Waals surface area contributed by atoms with Gasteiger partial charge in [-0.2, -0.15) is 0 Å². The zero-order valence-electron chi connectivity index (χ0n) is 13.0. The largest absolute Gasteiger partial charge is 0.469 e. The number of rotatable bonds is 5. The third-order valence-corrected chi connectivity index (χ3v) is 5.44. The van der Waals surface area contributed by atoms with E-state index in [2.05, 4.69) is 34.6 Å². The fraction of sp³-hybridized carbons (Fsp3) is 0.938. The predicted octanol–water partition coefficient (Wildman–Crippen LogP) is 4.43. The molecule has 1 fully saturated rings. The minimum atomic E-state index is -0.226. The van der Waals surface area contributed by atoms with E-state index >= 15 is 0 Å². The van der Waals surface area contributed by atoms with Crippen molar-refractivity contribution in [1.82, 2.24) is 0 Å². The standard InChI is InChI=1S/C16H30O2/c1-7-12(3)9-15(5)11-16(8-2,10-13(15)4)14(17)18-6/h12-13H,7-11H2,1-6H3. The summed E-state index contributed by atoms with van der Waals surface area (Å²) in [7, 11) is 1.52. The molecule has 0 N–H and O–H groups in total. The van der Waals surface area contributed by atoms with E-state index in [1.807, 2.05) is 0 Å². The van der Waals surface area contributed by atoms with Crippen molar-refractivity contribution in [3.8, 4) is 0 Å². The Hall–Kier alpha value is -0.530. The first-order valence-electron chi connectivity index (χ1n) is 7.42. The van der Waals surface area contributed by atoms with Crippen molar-refractivity contribution in [2.75, 3.05) is 7.11 Å². The van der Waals surface area contributed by atoms with Crippen LogP contribution in [-0.4, -0.2) is 13.1 Å². The number of hydrogen-bond acceptors (Lipinski definition) is 2. The van der Waals surface area contributed by atoms with Crippen LogP contribution in [0.4, 0.5) is 0 Å². The molecular formula is C16H30O2. The van der Waals surface area contributed by atoms with Crippen molar-refractivity contribution in [1.29, 1.82) is 0 Å². The maximum atomic E-state index is 12.1. The highest BCUT2D eigenvalue weighted by atomic mass is 16.5. The van der Waals surface area contributed by atoms with Crippen LogP contribution in [0, 0.1) is 22.7 Å². The number of methoxy groups -OCH3 is 1. The normalized spacial score (nSPS) is 37.6. The summed E-state index contributed by atoms with van der Waals surface area (Å²) in [6.07, 6.45) is 5.33. The van der Waals surface area contributed by atoms with Gasteiger partial charge in [0.1, 0.15) is 0 Å². The second-order valence-electron chi connectivity index (χ2n) is 6.78. The molecule has 0 aromatic heterocycles. The first kappa shape index (κ1) is 15.5. The predicted molar refractivity (Wildman–Crippen MR) is 75.3 cm³/mol. The zero-order valence-corrected chi connectivity index (χ0v) is 13.0. The summed E-state index contributed by atoms with van der Waals surface area (Å²) in [5.41, 5.74) is 0.0655. The first-order valence-corrected chi connectivity index (χ1v) is 7.42. The average molecular weight is 254 g/mol. The van der Waals surface area contributed by atoms with E-state index in [9.17, 15) is 4.79 Å². The van der Waals surface area contributed by atoms with Crippen LogP contribution in [0.3, 0.4) is 0 Å². The Morgan fingerprint density at radius 2 is 2.06 bits per heavy atom. The van der Waals surface area contributed by atoms with Crippen LogP contribution in [0.1, 0.15) is 66.7 Å². The van der Waals surface area contributed by atoms with Gasteiger partial charge in [-0.1, -0.05) is 41.0 Å². The van der Waals surface area contributed by atoms with Gasteiger partial charge in [-0.05, 0) is 42.9 Å². The van der Waals surface area contributed by atoms with Crippen molar-refractivity contribution < 1.29 is 9.53 Å². The van der Waals surface area contributed by atoms with Crippen LogP contribution in [0.2, 0.25) is 0 Å². The average Bonchev–Trinajstić information content (AvgIpc) is 2.61. The number of hydrogen-bond donors (Lipinski definition) is 0. The quantitative estimate of drug-likeness (QED) is 0.678. The number of carbonyl (C=O) groups excluding carboxylic acids is 1. The second-order valence-corrected chi connectivity index (χ2v) is 6.78. The number of esters is 1. The lowest BCUT2D eigenvalue weighted by Gasteiger charge is -2.33. The molecule has 1 rings (SSSR count). The Morgan fingerprint density at radius 1 is 1.44 bits per heavy atom. The molecule has 4 unspecified atom stereocenters. The molecule has 2 heteroatoms. The molecule has 1 aliphatic rings. The Kier molecular flexibility index (Phi) is 4.85. The van der Waals surface area contributed by atoms with Crippen LogP contribution < -0.4 is 0 Å². The summed E-state index contributed by atoms with van der Waals surface area (Å²) in [5.74, 6) is 1.35. The topological polar surface area (TPSA) is 26.3 Å². The fourth-order valence-electron chi connectivity index (χ4n) is 3.85. The van der Waals surface area contributed by atoms with E-state index in [0.29, 0.717) is 11.3 Å². The molecule has 2 nitrogen and oxygen atoms in total. The second kappa shape index (κ2) is 5.63. The van der Waals surface area contributed by atoms with Gasteiger partial charge in [0.05, 0.1) is 12.5 Å².